The lowest BCUT2D eigenvalue weighted by molar-refractivity contribution is 0.640. The Kier molecular flexibility index (Phi) is 6.16. The van der Waals surface area contributed by atoms with Crippen LogP contribution in [0.25, 0.3) is 20.8 Å². The van der Waals surface area contributed by atoms with E-state index in [1.807, 2.05) is 29.2 Å². The van der Waals surface area contributed by atoms with Crippen LogP contribution >= 0.6 is 17.7 Å². The molecular weight excluding hydrogens is 562 g/mol. The molecule has 0 radical (unpaired) electrons. The number of hydrogen-bond donors (Lipinski definition) is 1. The number of nitrogens with zero attached hydrogens (tertiary/aromatic N) is 4. The number of hydrazone groups is 1. The van der Waals surface area contributed by atoms with Gasteiger partial charge in [-0.1, -0.05) is 56.3 Å². The van der Waals surface area contributed by atoms with E-state index >= 15 is 0 Å². The van der Waals surface area contributed by atoms with E-state index in [0.29, 0.717) is 0 Å². The van der Waals surface area contributed by atoms with Crippen LogP contribution in [0.15, 0.2) is 113 Å². The minimum atomic E-state index is -2.63. The Balaban J connectivity index is 1.30. The molecule has 1 aromatic heterocycles. The number of benzene rings is 4. The number of allylic oxidation sites excluding steroid dienone is 2. The van der Waals surface area contributed by atoms with Gasteiger partial charge in [0, 0.05) is 35.1 Å². The van der Waals surface area contributed by atoms with Crippen LogP contribution in [-0.4, -0.2) is 18.2 Å². The molecule has 0 amide bonds. The van der Waals surface area contributed by atoms with Crippen molar-refractivity contribution in [3.63, 3.8) is 0 Å². The summed E-state index contributed by atoms with van der Waals surface area (Å²) in [6, 6.07) is 33.8. The molecule has 41 heavy (non-hydrogen) atoms. The summed E-state index contributed by atoms with van der Waals surface area (Å²) in [5.41, 5.74) is 8.81. The lowest BCUT2D eigenvalue weighted by atomic mass is 9.84. The monoisotopic (exact) mass is 591 g/mol. The maximum Gasteiger partial charge on any atom is 0.174 e. The molecule has 7 rings (SSSR count). The van der Waals surface area contributed by atoms with Crippen molar-refractivity contribution in [3.8, 4) is 10.6 Å². The van der Waals surface area contributed by atoms with Crippen molar-refractivity contribution in [2.24, 2.45) is 5.10 Å². The fraction of sp³-hybridized carbons (Fsp3) is 0.152. The Labute approximate surface area is 250 Å². The molecule has 0 fully saturated rings. The molecule has 3 heterocycles. The largest absolute Gasteiger partial charge is 0.346 e. The van der Waals surface area contributed by atoms with Gasteiger partial charge in [0.1, 0.15) is 5.01 Å². The second kappa shape index (κ2) is 9.66. The van der Waals surface area contributed by atoms with Crippen molar-refractivity contribution < 1.29 is 0 Å². The van der Waals surface area contributed by atoms with Gasteiger partial charge >= 0.3 is 0 Å². The summed E-state index contributed by atoms with van der Waals surface area (Å²) >= 11 is 8.39. The van der Waals surface area contributed by atoms with E-state index in [0.717, 1.165) is 32.8 Å². The number of para-hydroxylation sites is 2. The molecule has 0 aliphatic carbocycles. The summed E-state index contributed by atoms with van der Waals surface area (Å²) in [6.07, 6.45) is -0.642. The average molecular weight is 592 g/mol. The molecule has 0 bridgehead atoms. The first-order valence-corrected chi connectivity index (χ1v) is 17.2. The second-order valence-electron chi connectivity index (χ2n) is 11.1. The molecule has 1 atom stereocenters. The van der Waals surface area contributed by atoms with Crippen LogP contribution in [-0.2, 0) is 17.2 Å². The molecule has 2 aliphatic heterocycles. The molecule has 0 saturated carbocycles. The first-order valence-electron chi connectivity index (χ1n) is 13.6. The van der Waals surface area contributed by atoms with Crippen molar-refractivity contribution in [2.45, 2.75) is 26.2 Å². The third-order valence-electron chi connectivity index (χ3n) is 7.94. The van der Waals surface area contributed by atoms with Crippen molar-refractivity contribution >= 4 is 63.0 Å². The van der Waals surface area contributed by atoms with E-state index in [1.165, 1.54) is 27.2 Å². The maximum absolute atomic E-state index is 6.66. The fourth-order valence-corrected chi connectivity index (χ4v) is 10.6. The molecule has 8 heteroatoms. The third kappa shape index (κ3) is 4.23. The number of aromatic nitrogens is 1. The van der Waals surface area contributed by atoms with Crippen LogP contribution < -0.4 is 14.8 Å². The Bertz CT molecular complexity index is 1910. The van der Waals surface area contributed by atoms with E-state index in [9.17, 15) is 0 Å². The smallest absolute Gasteiger partial charge is 0.174 e. The van der Waals surface area contributed by atoms with Gasteiger partial charge in [-0.25, -0.2) is 9.76 Å². The maximum atomic E-state index is 6.66. The van der Waals surface area contributed by atoms with Gasteiger partial charge in [-0.2, -0.15) is 5.10 Å². The lowest BCUT2D eigenvalue weighted by Gasteiger charge is -2.34. The minimum Gasteiger partial charge on any atom is -0.346 e. The quantitative estimate of drug-likeness (QED) is 0.211. The molecule has 2 aliphatic rings. The molecule has 5 aromatic rings. The van der Waals surface area contributed by atoms with Gasteiger partial charge in [0.05, 0.1) is 27.4 Å². The lowest BCUT2D eigenvalue weighted by Crippen LogP contribution is -2.26. The van der Waals surface area contributed by atoms with Crippen LogP contribution in [0.5, 0.6) is 0 Å². The van der Waals surface area contributed by atoms with Gasteiger partial charge in [-0.3, -0.25) is 0 Å². The minimum absolute atomic E-state index is 0.222. The summed E-state index contributed by atoms with van der Waals surface area (Å²) in [6.45, 7) is 6.68. The number of nitrogens with one attached hydrogen (secondary N) is 1. The normalized spacial score (nSPS) is 21.1. The number of likely N-dealkylation sites (N-methyl/N-ethyl adjacent to an activating group) is 1. The number of fused-ring (bicyclic) bond motifs is 2. The highest BCUT2D eigenvalue weighted by molar-refractivity contribution is 8.18. The summed E-state index contributed by atoms with van der Waals surface area (Å²) in [4.78, 5) is 7.17. The van der Waals surface area contributed by atoms with E-state index in [4.69, 9.17) is 21.9 Å². The van der Waals surface area contributed by atoms with E-state index in [1.54, 1.807) is 11.3 Å². The molecule has 5 nitrogen and oxygen atoms in total. The summed E-state index contributed by atoms with van der Waals surface area (Å²) < 4.78 is 3.24. The Morgan fingerprint density at radius 2 is 1.63 bits per heavy atom. The summed E-state index contributed by atoms with van der Waals surface area (Å²) in [7, 11) is 2.14. The van der Waals surface area contributed by atoms with Crippen molar-refractivity contribution in [3.05, 3.63) is 119 Å². The van der Waals surface area contributed by atoms with Gasteiger partial charge < -0.3 is 9.99 Å². The van der Waals surface area contributed by atoms with E-state index in [2.05, 4.69) is 117 Å². The number of anilines is 3. The predicted octanol–water partition coefficient (Wildman–Crippen LogP) is 9.14. The molecule has 0 saturated heterocycles. The zero-order valence-corrected chi connectivity index (χ0v) is 25.9. The first-order chi connectivity index (χ1) is 19.8. The number of aryl methyl sites for hydroxylation is 1. The zero-order chi connectivity index (χ0) is 28.4. The summed E-state index contributed by atoms with van der Waals surface area (Å²) in [5, 5.41) is 10.8. The van der Waals surface area contributed by atoms with Crippen molar-refractivity contribution in [1.82, 2.24) is 4.98 Å². The molecule has 204 valence electrons. The van der Waals surface area contributed by atoms with E-state index in [-0.39, 0.29) is 5.41 Å². The highest BCUT2D eigenvalue weighted by Crippen LogP contribution is 2.65. The molecule has 0 unspecified atom stereocenters. The van der Waals surface area contributed by atoms with Crippen molar-refractivity contribution in [2.75, 3.05) is 21.8 Å². The Morgan fingerprint density at radius 1 is 0.902 bits per heavy atom. The Morgan fingerprint density at radius 3 is 2.39 bits per heavy atom. The van der Waals surface area contributed by atoms with Crippen LogP contribution in [0.3, 0.4) is 0 Å². The highest BCUT2D eigenvalue weighted by atomic mass is 32.4. The highest BCUT2D eigenvalue weighted by Gasteiger charge is 2.46. The first kappa shape index (κ1) is 26.1. The fourth-order valence-electron chi connectivity index (χ4n) is 5.94. The molecule has 4 aromatic carbocycles. The Hall–Kier alpha value is -3.77. The molecule has 0 spiro atoms. The van der Waals surface area contributed by atoms with Crippen LogP contribution in [0, 0.1) is 6.92 Å². The van der Waals surface area contributed by atoms with E-state index < -0.39 is 6.34 Å². The number of hydrogen-bond acceptors (Lipinski definition) is 5. The SMILES string of the molecule is Cc1ccc2nc(-c3ccc(N[P@@]4(=S)/C(=C5\N(C)c6ccccc6C5(C)C)C=NN4c4ccccc4)cc3)sc2c1. The predicted molar refractivity (Wildman–Crippen MR) is 180 cm³/mol. The third-order valence-corrected chi connectivity index (χ3v) is 12.7. The van der Waals surface area contributed by atoms with Crippen LogP contribution in [0.2, 0.25) is 0 Å². The second-order valence-corrected chi connectivity index (χ2v) is 15.9. The molecule has 1 N–H and O–H groups in total. The van der Waals surface area contributed by atoms with Crippen LogP contribution in [0.1, 0.15) is 25.0 Å². The van der Waals surface area contributed by atoms with Gasteiger partial charge in [0.15, 0.2) is 6.34 Å². The standard InChI is InChI=1S/C33H30N5PS2/c1-22-14-19-27-30(20-22)41-32(35-27)23-15-17-24(18-16-23)36-39(40)29(21-34-38(39)25-10-6-5-7-11-25)31-33(2,3)26-12-8-9-13-28(26)37(31)4/h5-21H,1-4H3,(H,36,40)/b31-29-/t39-/m0/s1. The van der Waals surface area contributed by atoms with Gasteiger partial charge in [-0.15, -0.1) is 11.3 Å². The summed E-state index contributed by atoms with van der Waals surface area (Å²) in [5.74, 6) is 0. The van der Waals surface area contributed by atoms with Gasteiger partial charge in [0.2, 0.25) is 0 Å². The van der Waals surface area contributed by atoms with Crippen LogP contribution in [0.4, 0.5) is 17.1 Å². The number of rotatable bonds is 4. The number of thiazole rings is 1. The average Bonchev–Trinajstić information content (AvgIpc) is 3.59. The molecular formula is C33H30N5PS2. The van der Waals surface area contributed by atoms with Gasteiger partial charge in [-0.05, 0) is 84.5 Å². The van der Waals surface area contributed by atoms with Gasteiger partial charge in [0.25, 0.3) is 0 Å². The van der Waals surface area contributed by atoms with Crippen molar-refractivity contribution in [1.29, 1.82) is 0 Å². The topological polar surface area (TPSA) is 43.8 Å². The zero-order valence-electron chi connectivity index (χ0n) is 23.4.